The summed E-state index contributed by atoms with van der Waals surface area (Å²) >= 11 is 13.6. The maximum absolute atomic E-state index is 12.6. The van der Waals surface area contributed by atoms with Crippen LogP contribution in [0.5, 0.6) is 5.75 Å². The highest BCUT2D eigenvalue weighted by Crippen LogP contribution is 2.27. The second-order valence-corrected chi connectivity index (χ2v) is 9.25. The summed E-state index contributed by atoms with van der Waals surface area (Å²) in [5.74, 6) is 0.250. The van der Waals surface area contributed by atoms with Gasteiger partial charge >= 0.3 is 0 Å². The van der Waals surface area contributed by atoms with Gasteiger partial charge in [0.05, 0.1) is 6.61 Å². The zero-order valence-electron chi connectivity index (χ0n) is 18.1. The van der Waals surface area contributed by atoms with E-state index >= 15 is 0 Å². The molecule has 1 aromatic heterocycles. The normalized spacial score (nSPS) is 11.2. The molecule has 0 atom stereocenters. The Kier molecular flexibility index (Phi) is 9.32. The van der Waals surface area contributed by atoms with E-state index < -0.39 is 5.91 Å². The van der Waals surface area contributed by atoms with Crippen LogP contribution in [0.15, 0.2) is 54.2 Å². The molecule has 3 aromatic rings. The van der Waals surface area contributed by atoms with Crippen molar-refractivity contribution in [3.8, 4) is 11.8 Å². The first-order valence-corrected chi connectivity index (χ1v) is 12.1. The highest BCUT2D eigenvalue weighted by atomic mass is 35.5. The minimum absolute atomic E-state index is 0.0127. The molecule has 5 nitrogen and oxygen atoms in total. The summed E-state index contributed by atoms with van der Waals surface area (Å²) in [6.45, 7) is 2.82. The highest BCUT2D eigenvalue weighted by Gasteiger charge is 2.13. The lowest BCUT2D eigenvalue weighted by atomic mass is 10.1. The third kappa shape index (κ3) is 7.61. The largest absolute Gasteiger partial charge is 0.494 e. The lowest BCUT2D eigenvalue weighted by Crippen LogP contribution is -2.13. The molecule has 1 heterocycles. The molecule has 0 fully saturated rings. The van der Waals surface area contributed by atoms with E-state index in [1.165, 1.54) is 17.4 Å². The molecule has 1 amide bonds. The van der Waals surface area contributed by atoms with Gasteiger partial charge in [-0.2, -0.15) is 5.26 Å². The second kappa shape index (κ2) is 12.4. The number of nitrogens with zero attached hydrogens (tertiary/aromatic N) is 2. The average Bonchev–Trinajstić information content (AvgIpc) is 3.25. The quantitative estimate of drug-likeness (QED) is 0.182. The molecule has 0 saturated carbocycles. The van der Waals surface area contributed by atoms with E-state index in [-0.39, 0.29) is 5.57 Å². The number of aromatic nitrogens is 1. The number of carbonyl (C=O) groups is 1. The van der Waals surface area contributed by atoms with Crippen LogP contribution >= 0.6 is 34.5 Å². The van der Waals surface area contributed by atoms with Gasteiger partial charge in [0.15, 0.2) is 5.13 Å². The predicted molar refractivity (Wildman–Crippen MR) is 135 cm³/mol. The molecule has 0 aliphatic rings. The molecule has 2 aromatic carbocycles. The van der Waals surface area contributed by atoms with Gasteiger partial charge in [-0.25, -0.2) is 4.98 Å². The van der Waals surface area contributed by atoms with Gasteiger partial charge in [-0.3, -0.25) is 10.1 Å². The van der Waals surface area contributed by atoms with E-state index in [1.807, 2.05) is 30.3 Å². The number of nitrogens with one attached hydrogen (secondary N) is 1. The average molecular weight is 500 g/mol. The maximum atomic E-state index is 12.6. The molecular weight excluding hydrogens is 477 g/mol. The fraction of sp³-hybridized carbons (Fsp3) is 0.240. The summed E-state index contributed by atoms with van der Waals surface area (Å²) in [7, 11) is 0. The number of rotatable bonds is 10. The van der Waals surface area contributed by atoms with Crippen molar-refractivity contribution in [3.63, 3.8) is 0 Å². The van der Waals surface area contributed by atoms with Gasteiger partial charge in [0.1, 0.15) is 17.4 Å². The Hall–Kier alpha value is -2.85. The van der Waals surface area contributed by atoms with Crippen molar-refractivity contribution < 1.29 is 9.53 Å². The van der Waals surface area contributed by atoms with Gasteiger partial charge in [-0.05, 0) is 54.0 Å². The number of hydrogen-bond acceptors (Lipinski definition) is 5. The van der Waals surface area contributed by atoms with Crippen LogP contribution in [0, 0.1) is 11.3 Å². The smallest absolute Gasteiger partial charge is 0.268 e. The van der Waals surface area contributed by atoms with E-state index in [0.717, 1.165) is 41.0 Å². The van der Waals surface area contributed by atoms with Gasteiger partial charge in [-0.1, -0.05) is 55.1 Å². The van der Waals surface area contributed by atoms with Gasteiger partial charge < -0.3 is 4.74 Å². The fourth-order valence-electron chi connectivity index (χ4n) is 3.00. The molecule has 1 N–H and O–H groups in total. The van der Waals surface area contributed by atoms with Crippen LogP contribution < -0.4 is 10.1 Å². The minimum Gasteiger partial charge on any atom is -0.494 e. The van der Waals surface area contributed by atoms with Gasteiger partial charge in [0.2, 0.25) is 0 Å². The number of benzene rings is 2. The van der Waals surface area contributed by atoms with Crippen molar-refractivity contribution in [3.05, 3.63) is 80.3 Å². The Morgan fingerprint density at radius 1 is 1.21 bits per heavy atom. The number of nitriles is 1. The Morgan fingerprint density at radius 2 is 2.00 bits per heavy atom. The van der Waals surface area contributed by atoms with Crippen LogP contribution in [0.2, 0.25) is 10.0 Å². The number of thiazole rings is 1. The molecule has 0 aliphatic carbocycles. The Balaban J connectivity index is 1.61. The van der Waals surface area contributed by atoms with Crippen LogP contribution in [0.1, 0.15) is 42.2 Å². The topological polar surface area (TPSA) is 75.0 Å². The molecule has 33 heavy (non-hydrogen) atoms. The molecule has 0 spiro atoms. The van der Waals surface area contributed by atoms with Crippen molar-refractivity contribution >= 4 is 51.7 Å². The summed E-state index contributed by atoms with van der Waals surface area (Å²) in [5.41, 5.74) is 1.60. The van der Waals surface area contributed by atoms with Gasteiger partial charge in [0, 0.05) is 27.5 Å². The molecule has 0 aliphatic heterocycles. The first-order valence-electron chi connectivity index (χ1n) is 10.5. The summed E-state index contributed by atoms with van der Waals surface area (Å²) in [5, 5.41) is 13.8. The number of amides is 1. The van der Waals surface area contributed by atoms with Crippen molar-refractivity contribution in [1.29, 1.82) is 5.26 Å². The zero-order chi connectivity index (χ0) is 23.6. The van der Waals surface area contributed by atoms with Crippen LogP contribution in [-0.4, -0.2) is 17.5 Å². The van der Waals surface area contributed by atoms with E-state index in [4.69, 9.17) is 27.9 Å². The molecule has 8 heteroatoms. The Bertz CT molecular complexity index is 1170. The first-order chi connectivity index (χ1) is 16.0. The van der Waals surface area contributed by atoms with E-state index in [2.05, 4.69) is 17.2 Å². The van der Waals surface area contributed by atoms with Gasteiger partial charge in [-0.15, -0.1) is 11.3 Å². The Morgan fingerprint density at radius 3 is 2.73 bits per heavy atom. The molecule has 0 unspecified atom stereocenters. The van der Waals surface area contributed by atoms with Crippen molar-refractivity contribution in [1.82, 2.24) is 4.98 Å². The lowest BCUT2D eigenvalue weighted by molar-refractivity contribution is -0.112. The first kappa shape index (κ1) is 24.8. The molecule has 0 saturated heterocycles. The third-order valence-electron chi connectivity index (χ3n) is 4.72. The van der Waals surface area contributed by atoms with Crippen LogP contribution in [0.25, 0.3) is 6.08 Å². The highest BCUT2D eigenvalue weighted by molar-refractivity contribution is 7.15. The summed E-state index contributed by atoms with van der Waals surface area (Å²) < 4.78 is 5.69. The van der Waals surface area contributed by atoms with Crippen molar-refractivity contribution in [2.45, 2.75) is 32.6 Å². The summed E-state index contributed by atoms with van der Waals surface area (Å²) in [6.07, 6.45) is 7.05. The monoisotopic (exact) mass is 499 g/mol. The summed E-state index contributed by atoms with van der Waals surface area (Å²) in [6, 6.07) is 14.5. The Labute approximate surface area is 207 Å². The fourth-order valence-corrected chi connectivity index (χ4v) is 4.21. The number of unbranched alkanes of at least 4 members (excludes halogenated alkanes) is 2. The van der Waals surface area contributed by atoms with Crippen molar-refractivity contribution in [2.75, 3.05) is 11.9 Å². The molecular formula is C25H23Cl2N3O2S. The molecule has 0 radical (unpaired) electrons. The SMILES string of the molecule is CCCCCOc1ccc(C=C(C#N)C(=O)Nc2ncc(Cc3cc(Cl)ccc3Cl)s2)cc1. The van der Waals surface area contributed by atoms with Crippen LogP contribution in [-0.2, 0) is 11.2 Å². The molecule has 3 rings (SSSR count). The molecule has 170 valence electrons. The van der Waals surface area contributed by atoms with Crippen LogP contribution in [0.4, 0.5) is 5.13 Å². The number of ether oxygens (including phenoxy) is 1. The maximum Gasteiger partial charge on any atom is 0.268 e. The number of anilines is 1. The zero-order valence-corrected chi connectivity index (χ0v) is 20.4. The van der Waals surface area contributed by atoms with Crippen LogP contribution in [0.3, 0.4) is 0 Å². The van der Waals surface area contributed by atoms with E-state index in [9.17, 15) is 10.1 Å². The van der Waals surface area contributed by atoms with Crippen molar-refractivity contribution in [2.24, 2.45) is 0 Å². The lowest BCUT2D eigenvalue weighted by Gasteiger charge is -2.06. The molecule has 0 bridgehead atoms. The summed E-state index contributed by atoms with van der Waals surface area (Å²) in [4.78, 5) is 17.7. The minimum atomic E-state index is -0.515. The standard InChI is InChI=1S/C25H23Cl2N3O2S/c1-2-3-4-11-32-21-8-5-17(6-9-21)12-19(15-28)24(31)30-25-29-16-22(33-25)14-18-13-20(26)7-10-23(18)27/h5-10,12-13,16H,2-4,11,14H2,1H3,(H,29,30,31). The number of carbonyl (C=O) groups excluding carboxylic acids is 1. The third-order valence-corrected chi connectivity index (χ3v) is 6.24. The second-order valence-electron chi connectivity index (χ2n) is 7.29. The van der Waals surface area contributed by atoms with E-state index in [0.29, 0.717) is 28.2 Å². The number of halogens is 2. The van der Waals surface area contributed by atoms with Gasteiger partial charge in [0.25, 0.3) is 5.91 Å². The number of hydrogen-bond donors (Lipinski definition) is 1. The predicted octanol–water partition coefficient (Wildman–Crippen LogP) is 7.16. The van der Waals surface area contributed by atoms with E-state index in [1.54, 1.807) is 24.4 Å².